The third-order valence-electron chi connectivity index (χ3n) is 3.06. The highest BCUT2D eigenvalue weighted by atomic mass is 16.5. The molecule has 0 saturated carbocycles. The minimum absolute atomic E-state index is 0.120. The van der Waals surface area contributed by atoms with Crippen LogP contribution in [0.2, 0.25) is 0 Å². The molecule has 0 radical (unpaired) electrons. The van der Waals surface area contributed by atoms with Crippen LogP contribution in [0.15, 0.2) is 18.2 Å². The molecule has 1 rings (SSSR count). The van der Waals surface area contributed by atoms with Crippen LogP contribution in [0, 0.1) is 5.41 Å². The minimum atomic E-state index is -0.383. The molecule has 1 aromatic rings. The van der Waals surface area contributed by atoms with Crippen LogP contribution >= 0.6 is 0 Å². The van der Waals surface area contributed by atoms with E-state index in [1.165, 1.54) is 0 Å². The molecule has 21 heavy (non-hydrogen) atoms. The van der Waals surface area contributed by atoms with E-state index in [1.807, 2.05) is 6.07 Å². The lowest BCUT2D eigenvalue weighted by Gasteiger charge is -2.29. The molecule has 0 unspecified atom stereocenters. The Morgan fingerprint density at radius 2 is 2.05 bits per heavy atom. The highest BCUT2D eigenvalue weighted by Gasteiger charge is 2.19. The summed E-state index contributed by atoms with van der Waals surface area (Å²) in [5.41, 5.74) is 7.67. The first kappa shape index (κ1) is 17.3. The van der Waals surface area contributed by atoms with Crippen LogP contribution in [0.25, 0.3) is 0 Å². The predicted molar refractivity (Wildman–Crippen MR) is 87.6 cm³/mol. The summed E-state index contributed by atoms with van der Waals surface area (Å²) in [6.07, 6.45) is 0. The Morgan fingerprint density at radius 3 is 2.62 bits per heavy atom. The van der Waals surface area contributed by atoms with Gasteiger partial charge in [0.2, 0.25) is 0 Å². The average Bonchev–Trinajstić information content (AvgIpc) is 2.36. The molecule has 1 aromatic carbocycles. The van der Waals surface area contributed by atoms with Crippen molar-refractivity contribution in [2.75, 3.05) is 44.8 Å². The quantitative estimate of drug-likeness (QED) is 0.597. The van der Waals surface area contributed by atoms with E-state index >= 15 is 0 Å². The summed E-state index contributed by atoms with van der Waals surface area (Å²) >= 11 is 0. The van der Waals surface area contributed by atoms with Crippen molar-refractivity contribution in [2.24, 2.45) is 5.41 Å². The molecule has 0 heterocycles. The highest BCUT2D eigenvalue weighted by Crippen LogP contribution is 2.22. The number of carbonyl (C=O) groups is 1. The van der Waals surface area contributed by atoms with E-state index in [-0.39, 0.29) is 11.4 Å². The van der Waals surface area contributed by atoms with E-state index in [1.54, 1.807) is 19.1 Å². The van der Waals surface area contributed by atoms with Crippen molar-refractivity contribution in [3.05, 3.63) is 23.8 Å². The first-order chi connectivity index (χ1) is 9.75. The fourth-order valence-electron chi connectivity index (χ4n) is 2.31. The lowest BCUT2D eigenvalue weighted by atomic mass is 9.93. The molecule has 0 amide bonds. The minimum Gasteiger partial charge on any atom is -0.462 e. The Morgan fingerprint density at radius 1 is 1.38 bits per heavy atom. The van der Waals surface area contributed by atoms with E-state index in [0.717, 1.165) is 18.8 Å². The van der Waals surface area contributed by atoms with Crippen molar-refractivity contribution in [1.29, 1.82) is 0 Å². The topological polar surface area (TPSA) is 67.6 Å². The SMILES string of the molecule is CCOC(=O)c1cc(NCC(C)(C)CN(C)C)ccc1N. The molecule has 0 fully saturated rings. The third kappa shape index (κ3) is 5.63. The van der Waals surface area contributed by atoms with Gasteiger partial charge in [-0.05, 0) is 44.6 Å². The predicted octanol–water partition coefficient (Wildman–Crippen LogP) is 2.45. The molecule has 0 aliphatic carbocycles. The number of nitrogens with one attached hydrogen (secondary N) is 1. The molecule has 0 aromatic heterocycles. The van der Waals surface area contributed by atoms with Crippen LogP contribution in [-0.4, -0.2) is 44.7 Å². The Labute approximate surface area is 127 Å². The van der Waals surface area contributed by atoms with Crippen LogP contribution in [0.3, 0.4) is 0 Å². The number of hydrogen-bond acceptors (Lipinski definition) is 5. The number of hydrogen-bond donors (Lipinski definition) is 2. The first-order valence-corrected chi connectivity index (χ1v) is 7.20. The molecule has 3 N–H and O–H groups in total. The third-order valence-corrected chi connectivity index (χ3v) is 3.06. The van der Waals surface area contributed by atoms with Gasteiger partial charge in [-0.3, -0.25) is 0 Å². The molecule has 0 spiro atoms. The first-order valence-electron chi connectivity index (χ1n) is 7.20. The van der Waals surface area contributed by atoms with E-state index in [9.17, 15) is 4.79 Å². The highest BCUT2D eigenvalue weighted by molar-refractivity contribution is 5.96. The van der Waals surface area contributed by atoms with Gasteiger partial charge in [-0.25, -0.2) is 4.79 Å². The van der Waals surface area contributed by atoms with Gasteiger partial charge in [-0.15, -0.1) is 0 Å². The van der Waals surface area contributed by atoms with E-state index < -0.39 is 0 Å². The second-order valence-corrected chi connectivity index (χ2v) is 6.28. The van der Waals surface area contributed by atoms with Crippen molar-refractivity contribution >= 4 is 17.3 Å². The van der Waals surface area contributed by atoms with Crippen LogP contribution in [0.4, 0.5) is 11.4 Å². The fourth-order valence-corrected chi connectivity index (χ4v) is 2.31. The molecule has 0 atom stereocenters. The summed E-state index contributed by atoms with van der Waals surface area (Å²) < 4.78 is 5.01. The van der Waals surface area contributed by atoms with Crippen LogP contribution in [-0.2, 0) is 4.74 Å². The van der Waals surface area contributed by atoms with Crippen molar-refractivity contribution in [2.45, 2.75) is 20.8 Å². The number of nitrogens with zero attached hydrogens (tertiary/aromatic N) is 1. The summed E-state index contributed by atoms with van der Waals surface area (Å²) in [6, 6.07) is 5.36. The number of nitrogen functional groups attached to an aromatic ring is 1. The summed E-state index contributed by atoms with van der Waals surface area (Å²) in [4.78, 5) is 14.0. The van der Waals surface area contributed by atoms with Gasteiger partial charge in [0.25, 0.3) is 0 Å². The average molecular weight is 293 g/mol. The van der Waals surface area contributed by atoms with Crippen LogP contribution < -0.4 is 11.1 Å². The molecule has 118 valence electrons. The summed E-state index contributed by atoms with van der Waals surface area (Å²) in [5.74, 6) is -0.383. The van der Waals surface area contributed by atoms with Crippen LogP contribution in [0.5, 0.6) is 0 Å². The van der Waals surface area contributed by atoms with Gasteiger partial charge >= 0.3 is 5.97 Å². The van der Waals surface area contributed by atoms with Gasteiger partial charge in [0, 0.05) is 24.5 Å². The van der Waals surface area contributed by atoms with Gasteiger partial charge in [0.1, 0.15) is 0 Å². The second kappa shape index (κ2) is 7.31. The number of ether oxygens (including phenoxy) is 1. The Bertz CT molecular complexity index is 484. The molecule has 0 bridgehead atoms. The second-order valence-electron chi connectivity index (χ2n) is 6.28. The van der Waals surface area contributed by atoms with Gasteiger partial charge in [0.15, 0.2) is 0 Å². The lowest BCUT2D eigenvalue weighted by molar-refractivity contribution is 0.0527. The molecule has 0 aliphatic rings. The molecular weight excluding hydrogens is 266 g/mol. The Kier molecular flexibility index (Phi) is 6.03. The standard InChI is InChI=1S/C16H27N3O2/c1-6-21-15(20)13-9-12(7-8-14(13)17)18-10-16(2,3)11-19(4)5/h7-9,18H,6,10-11,17H2,1-5H3. The number of benzene rings is 1. The van der Waals surface area contributed by atoms with Crippen molar-refractivity contribution in [3.8, 4) is 0 Å². The van der Waals surface area contributed by atoms with Gasteiger partial charge in [-0.1, -0.05) is 13.8 Å². The van der Waals surface area contributed by atoms with E-state index in [0.29, 0.717) is 17.9 Å². The van der Waals surface area contributed by atoms with Crippen LogP contribution in [0.1, 0.15) is 31.1 Å². The van der Waals surface area contributed by atoms with Gasteiger partial charge in [0.05, 0.1) is 12.2 Å². The zero-order valence-corrected chi connectivity index (χ0v) is 13.7. The Hall–Kier alpha value is -1.75. The van der Waals surface area contributed by atoms with E-state index in [4.69, 9.17) is 10.5 Å². The maximum atomic E-state index is 11.8. The zero-order valence-electron chi connectivity index (χ0n) is 13.7. The number of nitrogens with two attached hydrogens (primary N) is 1. The monoisotopic (exact) mass is 293 g/mol. The number of esters is 1. The van der Waals surface area contributed by atoms with Gasteiger partial charge < -0.3 is 20.7 Å². The number of anilines is 2. The van der Waals surface area contributed by atoms with Crippen molar-refractivity contribution < 1.29 is 9.53 Å². The summed E-state index contributed by atoms with van der Waals surface area (Å²) in [7, 11) is 4.12. The van der Waals surface area contributed by atoms with Crippen molar-refractivity contribution in [3.63, 3.8) is 0 Å². The molecular formula is C16H27N3O2. The summed E-state index contributed by atoms with van der Waals surface area (Å²) in [5, 5.41) is 3.36. The molecule has 5 nitrogen and oxygen atoms in total. The maximum absolute atomic E-state index is 11.8. The smallest absolute Gasteiger partial charge is 0.340 e. The fraction of sp³-hybridized carbons (Fsp3) is 0.562. The number of rotatable bonds is 7. The molecule has 0 saturated heterocycles. The van der Waals surface area contributed by atoms with E-state index in [2.05, 4.69) is 38.2 Å². The summed E-state index contributed by atoms with van der Waals surface area (Å²) in [6.45, 7) is 8.29. The number of carbonyl (C=O) groups excluding carboxylic acids is 1. The largest absolute Gasteiger partial charge is 0.462 e. The maximum Gasteiger partial charge on any atom is 0.340 e. The Balaban J connectivity index is 2.77. The zero-order chi connectivity index (χ0) is 16.0. The lowest BCUT2D eigenvalue weighted by Crippen LogP contribution is -2.34. The van der Waals surface area contributed by atoms with Gasteiger partial charge in [-0.2, -0.15) is 0 Å². The normalized spacial score (nSPS) is 11.5. The molecule has 5 heteroatoms. The van der Waals surface area contributed by atoms with Crippen molar-refractivity contribution in [1.82, 2.24) is 4.90 Å². The molecule has 0 aliphatic heterocycles.